The molecule has 1 aliphatic rings. The van der Waals surface area contributed by atoms with Crippen LogP contribution in [0.5, 0.6) is 11.5 Å². The monoisotopic (exact) mass is 460 g/mol. The quantitative estimate of drug-likeness (QED) is 0.437. The zero-order valence-corrected chi connectivity index (χ0v) is 19.5. The number of aromatic nitrogens is 1. The van der Waals surface area contributed by atoms with Crippen molar-refractivity contribution in [3.05, 3.63) is 84.2 Å². The fraction of sp³-hybridized carbons (Fsp3) is 0.269. The first-order valence-corrected chi connectivity index (χ1v) is 12.4. The molecule has 2 N–H and O–H groups in total. The number of benzene rings is 2. The number of ether oxygens (including phenoxy) is 1. The summed E-state index contributed by atoms with van der Waals surface area (Å²) in [5, 5.41) is 12.2. The van der Waals surface area contributed by atoms with Crippen molar-refractivity contribution in [2.24, 2.45) is 0 Å². The Hall–Kier alpha value is -3.32. The molecule has 1 aromatic heterocycles. The molecular formula is C26H28N4O2S. The number of pyridine rings is 1. The summed E-state index contributed by atoms with van der Waals surface area (Å²) in [7, 11) is 0. The third kappa shape index (κ3) is 5.73. The van der Waals surface area contributed by atoms with Crippen LogP contribution in [0.3, 0.4) is 0 Å². The smallest absolute Gasteiger partial charge is 0.232 e. The Labute approximate surface area is 198 Å². The number of nitrogens with zero attached hydrogens (tertiary/aromatic N) is 2. The van der Waals surface area contributed by atoms with Crippen LogP contribution in [0.2, 0.25) is 0 Å². The van der Waals surface area contributed by atoms with E-state index < -0.39 is 0 Å². The first-order chi connectivity index (χ1) is 16.2. The number of nitrogens with one attached hydrogen (secondary N) is 2. The molecular weight excluding hydrogens is 432 g/mol. The minimum atomic E-state index is 0.175. The van der Waals surface area contributed by atoms with Gasteiger partial charge in [0, 0.05) is 48.3 Å². The molecule has 2 aromatic carbocycles. The van der Waals surface area contributed by atoms with E-state index in [2.05, 4.69) is 10.3 Å². The van der Waals surface area contributed by atoms with E-state index in [1.54, 1.807) is 24.2 Å². The van der Waals surface area contributed by atoms with Gasteiger partial charge in [-0.3, -0.25) is 15.2 Å². The van der Waals surface area contributed by atoms with Crippen molar-refractivity contribution in [2.75, 3.05) is 30.4 Å². The van der Waals surface area contributed by atoms with E-state index in [1.807, 2.05) is 71.8 Å². The normalized spacial score (nSPS) is 15.3. The minimum Gasteiger partial charge on any atom is -0.457 e. The molecule has 3 aromatic rings. The molecule has 0 aliphatic carbocycles. The predicted octanol–water partition coefficient (Wildman–Crippen LogP) is 5.06. The van der Waals surface area contributed by atoms with E-state index in [0.29, 0.717) is 18.0 Å². The molecule has 1 fully saturated rings. The van der Waals surface area contributed by atoms with E-state index in [0.717, 1.165) is 47.7 Å². The van der Waals surface area contributed by atoms with E-state index in [1.165, 1.54) is 0 Å². The molecule has 0 saturated carbocycles. The van der Waals surface area contributed by atoms with Gasteiger partial charge in [-0.25, -0.2) is 0 Å². The molecule has 1 saturated heterocycles. The number of rotatable bonds is 9. The van der Waals surface area contributed by atoms with E-state index in [9.17, 15) is 4.79 Å². The van der Waals surface area contributed by atoms with Gasteiger partial charge in [-0.1, -0.05) is 18.2 Å². The number of para-hydroxylation sites is 1. The molecule has 0 spiro atoms. The number of carbonyl (C=O) groups is 1. The van der Waals surface area contributed by atoms with E-state index in [-0.39, 0.29) is 11.9 Å². The first kappa shape index (κ1) is 22.9. The third-order valence-corrected chi connectivity index (χ3v) is 6.24. The van der Waals surface area contributed by atoms with E-state index in [4.69, 9.17) is 10.1 Å². The average molecular weight is 461 g/mol. The van der Waals surface area contributed by atoms with Gasteiger partial charge in [-0.15, -0.1) is 0 Å². The molecule has 0 unspecified atom stereocenters. The Balaban J connectivity index is 1.43. The molecule has 7 heteroatoms. The van der Waals surface area contributed by atoms with Gasteiger partial charge in [0.1, 0.15) is 11.5 Å². The summed E-state index contributed by atoms with van der Waals surface area (Å²) in [5.41, 5.74) is 2.75. The maximum atomic E-state index is 12.4. The van der Waals surface area contributed by atoms with Crippen LogP contribution in [-0.2, 0) is 4.79 Å². The van der Waals surface area contributed by atoms with Crippen LogP contribution in [0.4, 0.5) is 5.69 Å². The number of carbonyl (C=O) groups excluding carboxylic acids is 1. The number of likely N-dealkylation sites (tertiary alicyclic amines) is 1. The maximum absolute atomic E-state index is 12.4. The van der Waals surface area contributed by atoms with Gasteiger partial charge in [-0.2, -0.15) is 11.8 Å². The summed E-state index contributed by atoms with van der Waals surface area (Å²) in [4.78, 5) is 18.6. The van der Waals surface area contributed by atoms with Crippen molar-refractivity contribution in [1.82, 2.24) is 9.88 Å². The molecule has 1 atom stereocenters. The Morgan fingerprint density at radius 3 is 2.67 bits per heavy atom. The Morgan fingerprint density at radius 2 is 1.91 bits per heavy atom. The highest BCUT2D eigenvalue weighted by Gasteiger charge is 2.28. The zero-order valence-electron chi connectivity index (χ0n) is 18.7. The second-order valence-electron chi connectivity index (χ2n) is 7.93. The fourth-order valence-electron chi connectivity index (χ4n) is 4.03. The largest absolute Gasteiger partial charge is 0.457 e. The number of thioether (sulfide) groups is 1. The Bertz CT molecular complexity index is 1090. The van der Waals surface area contributed by atoms with Crippen molar-refractivity contribution < 1.29 is 9.53 Å². The van der Waals surface area contributed by atoms with Crippen molar-refractivity contribution >= 4 is 29.1 Å². The highest BCUT2D eigenvalue weighted by Crippen LogP contribution is 2.25. The summed E-state index contributed by atoms with van der Waals surface area (Å²) >= 11 is 1.56. The first-order valence-electron chi connectivity index (χ1n) is 11.0. The van der Waals surface area contributed by atoms with Gasteiger partial charge < -0.3 is 15.0 Å². The van der Waals surface area contributed by atoms with Gasteiger partial charge in [0.25, 0.3) is 0 Å². The van der Waals surface area contributed by atoms with Crippen LogP contribution in [0, 0.1) is 5.41 Å². The Morgan fingerprint density at radius 1 is 1.15 bits per heavy atom. The molecule has 0 bridgehead atoms. The lowest BCUT2D eigenvalue weighted by molar-refractivity contribution is -0.128. The molecule has 1 aliphatic heterocycles. The van der Waals surface area contributed by atoms with E-state index >= 15 is 0 Å². The maximum Gasteiger partial charge on any atom is 0.232 e. The number of amides is 1. The van der Waals surface area contributed by atoms with Crippen molar-refractivity contribution in [2.45, 2.75) is 18.9 Å². The molecule has 33 heavy (non-hydrogen) atoms. The molecule has 2 heterocycles. The summed E-state index contributed by atoms with van der Waals surface area (Å²) in [6.07, 6.45) is 7.42. The minimum absolute atomic E-state index is 0.175. The van der Waals surface area contributed by atoms with Gasteiger partial charge >= 0.3 is 0 Å². The number of anilines is 1. The van der Waals surface area contributed by atoms with Crippen LogP contribution in [-0.4, -0.2) is 52.6 Å². The van der Waals surface area contributed by atoms with Gasteiger partial charge in [0.15, 0.2) is 0 Å². The lowest BCUT2D eigenvalue weighted by atomic mass is 10.0. The van der Waals surface area contributed by atoms with Crippen molar-refractivity contribution in [3.8, 4) is 11.5 Å². The van der Waals surface area contributed by atoms with Crippen LogP contribution < -0.4 is 10.1 Å². The van der Waals surface area contributed by atoms with Crippen LogP contribution in [0.25, 0.3) is 0 Å². The van der Waals surface area contributed by atoms with Crippen LogP contribution in [0.15, 0.2) is 73.1 Å². The van der Waals surface area contributed by atoms with Crippen molar-refractivity contribution in [3.63, 3.8) is 0 Å². The second kappa shape index (κ2) is 11.0. The predicted molar refractivity (Wildman–Crippen MR) is 135 cm³/mol. The number of hydrogen-bond acceptors (Lipinski definition) is 6. The highest BCUT2D eigenvalue weighted by molar-refractivity contribution is 7.99. The molecule has 170 valence electrons. The molecule has 1 amide bonds. The standard InChI is InChI=1S/C26H28N4O2S/c1-33-18-25(31)30-15-5-6-20(30)16-29-24-13-14-28-17-23(24)26(27)19-9-11-22(12-10-19)32-21-7-3-2-4-8-21/h2-4,7-14,17,20,27H,5-6,15-16,18H2,1H3,(H,28,29)/t20-/m0/s1. The van der Waals surface area contributed by atoms with Gasteiger partial charge in [0.05, 0.1) is 11.5 Å². The third-order valence-electron chi connectivity index (χ3n) is 5.71. The summed E-state index contributed by atoms with van der Waals surface area (Å²) in [6.45, 7) is 1.48. The zero-order chi connectivity index (χ0) is 23.0. The fourth-order valence-corrected chi connectivity index (χ4v) is 4.44. The summed E-state index contributed by atoms with van der Waals surface area (Å²) in [5.74, 6) is 2.22. The lowest BCUT2D eigenvalue weighted by Gasteiger charge is -2.25. The number of hydrogen-bond donors (Lipinski definition) is 2. The average Bonchev–Trinajstić information content (AvgIpc) is 3.33. The van der Waals surface area contributed by atoms with Gasteiger partial charge in [0.2, 0.25) is 5.91 Å². The summed E-state index contributed by atoms with van der Waals surface area (Å²) < 4.78 is 5.86. The van der Waals surface area contributed by atoms with Crippen LogP contribution in [0.1, 0.15) is 24.0 Å². The van der Waals surface area contributed by atoms with Crippen LogP contribution >= 0.6 is 11.8 Å². The van der Waals surface area contributed by atoms with Gasteiger partial charge in [-0.05, 0) is 61.6 Å². The Kier molecular flexibility index (Phi) is 7.62. The highest BCUT2D eigenvalue weighted by atomic mass is 32.2. The SMILES string of the molecule is CSCC(=O)N1CCC[C@H]1CNc1ccncc1C(=N)c1ccc(Oc2ccccc2)cc1. The summed E-state index contributed by atoms with van der Waals surface area (Å²) in [6, 6.07) is 19.2. The molecule has 0 radical (unpaired) electrons. The molecule has 6 nitrogen and oxygen atoms in total. The molecule has 4 rings (SSSR count). The topological polar surface area (TPSA) is 78.3 Å². The van der Waals surface area contributed by atoms with Crippen molar-refractivity contribution in [1.29, 1.82) is 5.41 Å². The second-order valence-corrected chi connectivity index (χ2v) is 8.80. The lowest BCUT2D eigenvalue weighted by Crippen LogP contribution is -2.40.